The Morgan fingerprint density at radius 1 is 1.28 bits per heavy atom. The van der Waals surface area contributed by atoms with Gasteiger partial charge in [0.25, 0.3) is 0 Å². The number of benzene rings is 1. The number of rotatable bonds is 8. The molecule has 0 saturated carbocycles. The number of hydrogen-bond donors (Lipinski definition) is 1. The van der Waals surface area contributed by atoms with Gasteiger partial charge in [-0.05, 0) is 31.6 Å². The van der Waals surface area contributed by atoms with Crippen LogP contribution in [-0.4, -0.2) is 38.3 Å². The van der Waals surface area contributed by atoms with Crippen LogP contribution >= 0.6 is 0 Å². The van der Waals surface area contributed by atoms with Gasteiger partial charge < -0.3 is 10.1 Å². The Hall–Kier alpha value is -0.900. The fourth-order valence-corrected chi connectivity index (χ4v) is 2.22. The Kier molecular flexibility index (Phi) is 6.94. The third kappa shape index (κ3) is 4.41. The maximum Gasteiger partial charge on any atom is 0.0615 e. The molecule has 0 aliphatic heterocycles. The number of hydrogen-bond acceptors (Lipinski definition) is 3. The van der Waals surface area contributed by atoms with Gasteiger partial charge in [0, 0.05) is 26.2 Å². The lowest BCUT2D eigenvalue weighted by atomic mass is 10.1. The quantitative estimate of drug-likeness (QED) is 0.766. The molecular formula is C15H26N2O. The standard InChI is InChI=1S/C15H26N2O/c1-5-17(13(2)12-18-4)11-15-9-7-6-8-14(15)10-16-3/h6-9,13,16H,5,10-12H2,1-4H3. The van der Waals surface area contributed by atoms with Crippen molar-refractivity contribution in [2.45, 2.75) is 33.0 Å². The minimum Gasteiger partial charge on any atom is -0.383 e. The zero-order valence-electron chi connectivity index (χ0n) is 12.1. The lowest BCUT2D eigenvalue weighted by Crippen LogP contribution is -2.35. The van der Waals surface area contributed by atoms with E-state index in [9.17, 15) is 0 Å². The van der Waals surface area contributed by atoms with Crippen LogP contribution in [0.4, 0.5) is 0 Å². The van der Waals surface area contributed by atoms with Gasteiger partial charge in [-0.3, -0.25) is 4.90 Å². The molecular weight excluding hydrogens is 224 g/mol. The summed E-state index contributed by atoms with van der Waals surface area (Å²) in [5.74, 6) is 0. The Balaban J connectivity index is 2.74. The second-order valence-corrected chi connectivity index (χ2v) is 4.67. The van der Waals surface area contributed by atoms with Crippen molar-refractivity contribution in [3.05, 3.63) is 35.4 Å². The molecule has 0 bridgehead atoms. The number of methoxy groups -OCH3 is 1. The second-order valence-electron chi connectivity index (χ2n) is 4.67. The van der Waals surface area contributed by atoms with E-state index in [1.54, 1.807) is 7.11 Å². The van der Waals surface area contributed by atoms with Crippen LogP contribution in [0.15, 0.2) is 24.3 Å². The van der Waals surface area contributed by atoms with Crippen LogP contribution in [0.5, 0.6) is 0 Å². The molecule has 0 radical (unpaired) electrons. The molecule has 0 amide bonds. The van der Waals surface area contributed by atoms with Gasteiger partial charge in [-0.2, -0.15) is 0 Å². The largest absolute Gasteiger partial charge is 0.383 e. The predicted octanol–water partition coefficient (Wildman–Crippen LogP) is 2.26. The molecule has 18 heavy (non-hydrogen) atoms. The first-order valence-corrected chi connectivity index (χ1v) is 6.67. The average Bonchev–Trinajstić information content (AvgIpc) is 2.38. The van der Waals surface area contributed by atoms with E-state index in [2.05, 4.69) is 48.3 Å². The van der Waals surface area contributed by atoms with Gasteiger partial charge in [0.1, 0.15) is 0 Å². The van der Waals surface area contributed by atoms with E-state index in [1.807, 2.05) is 7.05 Å². The van der Waals surface area contributed by atoms with E-state index >= 15 is 0 Å². The van der Waals surface area contributed by atoms with Crippen LogP contribution in [0.3, 0.4) is 0 Å². The summed E-state index contributed by atoms with van der Waals surface area (Å²) in [6.07, 6.45) is 0. The summed E-state index contributed by atoms with van der Waals surface area (Å²) in [5, 5.41) is 3.23. The summed E-state index contributed by atoms with van der Waals surface area (Å²) in [6, 6.07) is 9.08. The molecule has 0 aliphatic carbocycles. The molecule has 1 aromatic carbocycles. The molecule has 0 spiro atoms. The highest BCUT2D eigenvalue weighted by Gasteiger charge is 2.13. The zero-order valence-corrected chi connectivity index (χ0v) is 12.1. The predicted molar refractivity (Wildman–Crippen MR) is 76.6 cm³/mol. The molecule has 1 unspecified atom stereocenters. The SMILES string of the molecule is CCN(Cc1ccccc1CNC)C(C)COC. The van der Waals surface area contributed by atoms with Crippen LogP contribution in [-0.2, 0) is 17.8 Å². The van der Waals surface area contributed by atoms with E-state index in [4.69, 9.17) is 4.74 Å². The molecule has 0 saturated heterocycles. The maximum absolute atomic E-state index is 5.25. The summed E-state index contributed by atoms with van der Waals surface area (Å²) in [4.78, 5) is 2.44. The van der Waals surface area contributed by atoms with E-state index < -0.39 is 0 Å². The third-order valence-corrected chi connectivity index (χ3v) is 3.30. The first kappa shape index (κ1) is 15.2. The van der Waals surface area contributed by atoms with Crippen molar-refractivity contribution < 1.29 is 4.74 Å². The second kappa shape index (κ2) is 8.25. The molecule has 102 valence electrons. The molecule has 1 atom stereocenters. The highest BCUT2D eigenvalue weighted by Crippen LogP contribution is 2.13. The first-order valence-electron chi connectivity index (χ1n) is 6.67. The van der Waals surface area contributed by atoms with Gasteiger partial charge in [0.05, 0.1) is 6.61 Å². The molecule has 3 nitrogen and oxygen atoms in total. The number of nitrogens with one attached hydrogen (secondary N) is 1. The summed E-state index contributed by atoms with van der Waals surface area (Å²) >= 11 is 0. The lowest BCUT2D eigenvalue weighted by molar-refractivity contribution is 0.0980. The summed E-state index contributed by atoms with van der Waals surface area (Å²) in [6.45, 7) is 8.15. The Morgan fingerprint density at radius 2 is 1.94 bits per heavy atom. The summed E-state index contributed by atoms with van der Waals surface area (Å²) in [5.41, 5.74) is 2.78. The Labute approximate surface area is 111 Å². The maximum atomic E-state index is 5.25. The first-order chi connectivity index (χ1) is 8.72. The van der Waals surface area contributed by atoms with E-state index in [0.717, 1.165) is 26.2 Å². The smallest absolute Gasteiger partial charge is 0.0615 e. The van der Waals surface area contributed by atoms with Crippen LogP contribution in [0.25, 0.3) is 0 Å². The van der Waals surface area contributed by atoms with Crippen molar-refractivity contribution in [2.75, 3.05) is 27.3 Å². The fraction of sp³-hybridized carbons (Fsp3) is 0.600. The number of ether oxygens (including phenoxy) is 1. The number of likely N-dealkylation sites (N-methyl/N-ethyl adjacent to an activating group) is 1. The molecule has 1 aromatic rings. The Bertz CT molecular complexity index is 341. The molecule has 1 rings (SSSR count). The normalized spacial score (nSPS) is 12.9. The zero-order chi connectivity index (χ0) is 13.4. The van der Waals surface area contributed by atoms with Crippen molar-refractivity contribution in [1.82, 2.24) is 10.2 Å². The third-order valence-electron chi connectivity index (χ3n) is 3.30. The molecule has 0 fully saturated rings. The monoisotopic (exact) mass is 250 g/mol. The van der Waals surface area contributed by atoms with Gasteiger partial charge in [-0.25, -0.2) is 0 Å². The topological polar surface area (TPSA) is 24.5 Å². The van der Waals surface area contributed by atoms with E-state index in [-0.39, 0.29) is 0 Å². The van der Waals surface area contributed by atoms with Crippen LogP contribution < -0.4 is 5.32 Å². The highest BCUT2D eigenvalue weighted by molar-refractivity contribution is 5.27. The average molecular weight is 250 g/mol. The fourth-order valence-electron chi connectivity index (χ4n) is 2.22. The summed E-state index contributed by atoms with van der Waals surface area (Å²) in [7, 11) is 3.75. The van der Waals surface area contributed by atoms with Gasteiger partial charge in [0.2, 0.25) is 0 Å². The molecule has 3 heteroatoms. The van der Waals surface area contributed by atoms with Crippen LogP contribution in [0, 0.1) is 0 Å². The van der Waals surface area contributed by atoms with Crippen molar-refractivity contribution in [1.29, 1.82) is 0 Å². The van der Waals surface area contributed by atoms with Crippen molar-refractivity contribution >= 4 is 0 Å². The number of nitrogens with zero attached hydrogens (tertiary/aromatic N) is 1. The van der Waals surface area contributed by atoms with Gasteiger partial charge in [-0.15, -0.1) is 0 Å². The van der Waals surface area contributed by atoms with E-state index in [1.165, 1.54) is 11.1 Å². The summed E-state index contributed by atoms with van der Waals surface area (Å²) < 4.78 is 5.25. The molecule has 0 aromatic heterocycles. The molecule has 0 aliphatic rings. The highest BCUT2D eigenvalue weighted by atomic mass is 16.5. The minimum atomic E-state index is 0.447. The minimum absolute atomic E-state index is 0.447. The van der Waals surface area contributed by atoms with Crippen molar-refractivity contribution in [3.8, 4) is 0 Å². The molecule has 1 N–H and O–H groups in total. The van der Waals surface area contributed by atoms with Crippen molar-refractivity contribution in [2.24, 2.45) is 0 Å². The Morgan fingerprint density at radius 3 is 2.50 bits per heavy atom. The van der Waals surface area contributed by atoms with Crippen LogP contribution in [0.2, 0.25) is 0 Å². The van der Waals surface area contributed by atoms with E-state index in [0.29, 0.717) is 6.04 Å². The van der Waals surface area contributed by atoms with Crippen LogP contribution in [0.1, 0.15) is 25.0 Å². The van der Waals surface area contributed by atoms with Crippen molar-refractivity contribution in [3.63, 3.8) is 0 Å². The molecule has 0 heterocycles. The lowest BCUT2D eigenvalue weighted by Gasteiger charge is -2.28. The van der Waals surface area contributed by atoms with Gasteiger partial charge in [-0.1, -0.05) is 31.2 Å². The van der Waals surface area contributed by atoms with Gasteiger partial charge in [0.15, 0.2) is 0 Å². The van der Waals surface area contributed by atoms with Gasteiger partial charge >= 0.3 is 0 Å².